The highest BCUT2D eigenvalue weighted by Gasteiger charge is 2.26. The Hall–Kier alpha value is -0.0400. The fraction of sp³-hybridized carbons (Fsp3) is 1.00. The summed E-state index contributed by atoms with van der Waals surface area (Å²) in [5.74, 6) is 1.81. The van der Waals surface area contributed by atoms with Gasteiger partial charge < -0.3 is 4.74 Å². The Labute approximate surface area is 94.6 Å². The molecule has 1 heteroatoms. The number of rotatable bonds is 0. The van der Waals surface area contributed by atoms with E-state index in [9.17, 15) is 0 Å². The van der Waals surface area contributed by atoms with E-state index in [4.69, 9.17) is 4.74 Å². The van der Waals surface area contributed by atoms with E-state index in [-0.39, 0.29) is 0 Å². The molecule has 15 heavy (non-hydrogen) atoms. The predicted octanol–water partition coefficient (Wildman–Crippen LogP) is 4.16. The molecule has 1 saturated heterocycles. The first-order valence-corrected chi connectivity index (χ1v) is 7.04. The van der Waals surface area contributed by atoms with E-state index < -0.39 is 0 Å². The zero-order valence-electron chi connectivity index (χ0n) is 10.0. The first kappa shape index (κ1) is 11.4. The molecule has 1 nitrogen and oxygen atoms in total. The summed E-state index contributed by atoms with van der Waals surface area (Å²) in [5, 5.41) is 0. The third-order valence-corrected chi connectivity index (χ3v) is 4.23. The smallest absolute Gasteiger partial charge is 0.0497 e. The normalized spacial score (nSPS) is 35.2. The zero-order valence-corrected chi connectivity index (χ0v) is 10.0. The molecule has 2 aliphatic rings. The second kappa shape index (κ2) is 6.52. The van der Waals surface area contributed by atoms with Crippen LogP contribution in [0.15, 0.2) is 0 Å². The Kier molecular flexibility index (Phi) is 4.98. The van der Waals surface area contributed by atoms with Gasteiger partial charge in [-0.2, -0.15) is 0 Å². The molecule has 0 spiro atoms. The molecule has 2 atom stereocenters. The van der Waals surface area contributed by atoms with Crippen molar-refractivity contribution in [2.45, 2.75) is 64.2 Å². The fourth-order valence-electron chi connectivity index (χ4n) is 3.15. The van der Waals surface area contributed by atoms with Gasteiger partial charge in [-0.1, -0.05) is 51.4 Å². The first-order valence-electron chi connectivity index (χ1n) is 7.04. The van der Waals surface area contributed by atoms with Crippen LogP contribution in [0.4, 0.5) is 0 Å². The van der Waals surface area contributed by atoms with E-state index in [0.717, 1.165) is 25.0 Å². The molecule has 0 amide bonds. The van der Waals surface area contributed by atoms with Gasteiger partial charge in [0.1, 0.15) is 0 Å². The molecular formula is C14H26O. The zero-order chi connectivity index (χ0) is 10.3. The Bertz CT molecular complexity index is 149. The molecule has 1 aliphatic heterocycles. The summed E-state index contributed by atoms with van der Waals surface area (Å²) < 4.78 is 5.65. The Morgan fingerprint density at radius 1 is 0.533 bits per heavy atom. The summed E-state index contributed by atoms with van der Waals surface area (Å²) in [5.41, 5.74) is 0. The summed E-state index contributed by atoms with van der Waals surface area (Å²) in [4.78, 5) is 0. The molecule has 0 radical (unpaired) electrons. The molecule has 1 aliphatic carbocycles. The highest BCUT2D eigenvalue weighted by molar-refractivity contribution is 4.75. The van der Waals surface area contributed by atoms with Crippen LogP contribution in [-0.2, 0) is 4.74 Å². The van der Waals surface area contributed by atoms with Gasteiger partial charge in [0.05, 0.1) is 0 Å². The number of fused-ring (bicyclic) bond motifs is 1. The molecule has 1 heterocycles. The van der Waals surface area contributed by atoms with Crippen LogP contribution in [0, 0.1) is 11.8 Å². The van der Waals surface area contributed by atoms with Gasteiger partial charge in [0.2, 0.25) is 0 Å². The summed E-state index contributed by atoms with van der Waals surface area (Å²) >= 11 is 0. The first-order chi connectivity index (χ1) is 7.47. The van der Waals surface area contributed by atoms with E-state index in [2.05, 4.69) is 0 Å². The lowest BCUT2D eigenvalue weighted by atomic mass is 9.86. The van der Waals surface area contributed by atoms with Crippen molar-refractivity contribution in [2.24, 2.45) is 11.8 Å². The van der Waals surface area contributed by atoms with Gasteiger partial charge in [-0.05, 0) is 24.7 Å². The van der Waals surface area contributed by atoms with E-state index in [1.807, 2.05) is 0 Å². The van der Waals surface area contributed by atoms with E-state index in [1.54, 1.807) is 0 Å². The van der Waals surface area contributed by atoms with E-state index in [0.29, 0.717) is 0 Å². The largest absolute Gasteiger partial charge is 0.381 e. The van der Waals surface area contributed by atoms with Crippen molar-refractivity contribution in [2.75, 3.05) is 13.2 Å². The topological polar surface area (TPSA) is 9.23 Å². The van der Waals surface area contributed by atoms with E-state index >= 15 is 0 Å². The average molecular weight is 210 g/mol. The Balaban J connectivity index is 1.77. The minimum absolute atomic E-state index is 0.907. The quantitative estimate of drug-likeness (QED) is 0.583. The van der Waals surface area contributed by atoms with Crippen LogP contribution in [0.3, 0.4) is 0 Å². The summed E-state index contributed by atoms with van der Waals surface area (Å²) in [7, 11) is 0. The van der Waals surface area contributed by atoms with Gasteiger partial charge >= 0.3 is 0 Å². The predicted molar refractivity (Wildman–Crippen MR) is 64.0 cm³/mol. The van der Waals surface area contributed by atoms with Crippen molar-refractivity contribution in [3.8, 4) is 0 Å². The monoisotopic (exact) mass is 210 g/mol. The maximum Gasteiger partial charge on any atom is 0.0497 e. The maximum atomic E-state index is 5.65. The highest BCUT2D eigenvalue weighted by Crippen LogP contribution is 2.30. The lowest BCUT2D eigenvalue weighted by Crippen LogP contribution is -2.12. The third kappa shape index (κ3) is 3.79. The van der Waals surface area contributed by atoms with Crippen LogP contribution in [0.1, 0.15) is 64.2 Å². The molecule has 0 unspecified atom stereocenters. The minimum Gasteiger partial charge on any atom is -0.381 e. The molecule has 0 aromatic heterocycles. The second-order valence-corrected chi connectivity index (χ2v) is 5.46. The van der Waals surface area contributed by atoms with Gasteiger partial charge in [0.25, 0.3) is 0 Å². The summed E-state index contributed by atoms with van der Waals surface area (Å²) in [6, 6.07) is 0. The fourth-order valence-corrected chi connectivity index (χ4v) is 3.15. The van der Waals surface area contributed by atoms with Crippen molar-refractivity contribution >= 4 is 0 Å². The van der Waals surface area contributed by atoms with E-state index in [1.165, 1.54) is 64.2 Å². The maximum absolute atomic E-state index is 5.65. The standard InChI is InChI=1S/C14H26O/c1-2-4-6-8-10-14-12-15-11-13(14)9-7-5-3-1/h13-14H,1-12H2/t13-,14+. The highest BCUT2D eigenvalue weighted by atomic mass is 16.5. The molecule has 0 aromatic carbocycles. The second-order valence-electron chi connectivity index (χ2n) is 5.46. The molecule has 1 saturated carbocycles. The van der Waals surface area contributed by atoms with Crippen molar-refractivity contribution in [3.05, 3.63) is 0 Å². The molecule has 0 N–H and O–H groups in total. The van der Waals surface area contributed by atoms with Crippen LogP contribution in [0.25, 0.3) is 0 Å². The van der Waals surface area contributed by atoms with Crippen LogP contribution in [0.5, 0.6) is 0 Å². The van der Waals surface area contributed by atoms with Crippen LogP contribution >= 0.6 is 0 Å². The lowest BCUT2D eigenvalue weighted by Gasteiger charge is -2.18. The summed E-state index contributed by atoms with van der Waals surface area (Å²) in [6.45, 7) is 2.12. The average Bonchev–Trinajstić information content (AvgIpc) is 2.65. The number of ether oxygens (including phenoxy) is 1. The number of hydrogen-bond donors (Lipinski definition) is 0. The third-order valence-electron chi connectivity index (χ3n) is 4.23. The summed E-state index contributed by atoms with van der Waals surface area (Å²) in [6.07, 6.45) is 14.6. The molecule has 88 valence electrons. The molecule has 2 rings (SSSR count). The van der Waals surface area contributed by atoms with Crippen molar-refractivity contribution in [1.29, 1.82) is 0 Å². The van der Waals surface area contributed by atoms with Gasteiger partial charge in [-0.15, -0.1) is 0 Å². The van der Waals surface area contributed by atoms with Crippen LogP contribution < -0.4 is 0 Å². The SMILES string of the molecule is C1CCCCC[C@H]2COC[C@H]2CCCC1. The lowest BCUT2D eigenvalue weighted by molar-refractivity contribution is 0.178. The van der Waals surface area contributed by atoms with Gasteiger partial charge in [0.15, 0.2) is 0 Å². The molecule has 0 aromatic rings. The van der Waals surface area contributed by atoms with Crippen LogP contribution in [-0.4, -0.2) is 13.2 Å². The molecular weight excluding hydrogens is 184 g/mol. The van der Waals surface area contributed by atoms with Crippen LogP contribution in [0.2, 0.25) is 0 Å². The molecule has 0 bridgehead atoms. The molecule has 2 fully saturated rings. The van der Waals surface area contributed by atoms with Crippen molar-refractivity contribution in [1.82, 2.24) is 0 Å². The number of hydrogen-bond acceptors (Lipinski definition) is 1. The minimum atomic E-state index is 0.907. The van der Waals surface area contributed by atoms with Crippen molar-refractivity contribution in [3.63, 3.8) is 0 Å². The van der Waals surface area contributed by atoms with Gasteiger partial charge in [0, 0.05) is 13.2 Å². The van der Waals surface area contributed by atoms with Gasteiger partial charge in [-0.3, -0.25) is 0 Å². The Morgan fingerprint density at radius 3 is 1.40 bits per heavy atom. The Morgan fingerprint density at radius 2 is 0.933 bits per heavy atom. The van der Waals surface area contributed by atoms with Crippen molar-refractivity contribution < 1.29 is 4.74 Å². The van der Waals surface area contributed by atoms with Gasteiger partial charge in [-0.25, -0.2) is 0 Å².